The van der Waals surface area contributed by atoms with Gasteiger partial charge in [0.05, 0.1) is 13.1 Å². The number of hydrogen-bond acceptors (Lipinski definition) is 1. The first-order chi connectivity index (χ1) is 7.77. The first-order valence-electron chi connectivity index (χ1n) is 6.35. The third-order valence-electron chi connectivity index (χ3n) is 4.43. The number of nitrogens with zero attached hydrogens (tertiary/aromatic N) is 1. The summed E-state index contributed by atoms with van der Waals surface area (Å²) in [5.74, 6) is 0.593. The summed E-state index contributed by atoms with van der Waals surface area (Å²) in [6.07, 6.45) is 2.38. The maximum atomic E-state index is 10.0. The van der Waals surface area contributed by atoms with Gasteiger partial charge in [-0.3, -0.25) is 0 Å². The van der Waals surface area contributed by atoms with Gasteiger partial charge in [0, 0.05) is 24.3 Å². The Hall–Kier alpha value is -0.380. The Balaban J connectivity index is 0.00000108. The highest BCUT2D eigenvalue weighted by Crippen LogP contribution is 2.35. The molecule has 3 heteroatoms. The summed E-state index contributed by atoms with van der Waals surface area (Å²) in [5.41, 5.74) is 1.41. The minimum atomic E-state index is -0.0498. The van der Waals surface area contributed by atoms with Crippen molar-refractivity contribution in [2.45, 2.75) is 25.5 Å². The van der Waals surface area contributed by atoms with Crippen molar-refractivity contribution < 1.29 is 26.6 Å². The van der Waals surface area contributed by atoms with Gasteiger partial charge < -0.3 is 26.6 Å². The fourth-order valence-corrected chi connectivity index (χ4v) is 3.44. The van der Waals surface area contributed by atoms with Crippen molar-refractivity contribution in [1.82, 2.24) is 0 Å². The molecule has 0 saturated carbocycles. The van der Waals surface area contributed by atoms with E-state index in [0.29, 0.717) is 5.92 Å². The third kappa shape index (κ3) is 2.56. The van der Waals surface area contributed by atoms with Crippen molar-refractivity contribution in [3.8, 4) is 0 Å². The van der Waals surface area contributed by atoms with E-state index in [1.807, 2.05) is 0 Å². The molecule has 2 bridgehead atoms. The van der Waals surface area contributed by atoms with Crippen LogP contribution in [0, 0.1) is 5.92 Å². The van der Waals surface area contributed by atoms with Crippen LogP contribution in [0.5, 0.6) is 0 Å². The van der Waals surface area contributed by atoms with Gasteiger partial charge in [0.2, 0.25) is 0 Å². The van der Waals surface area contributed by atoms with Crippen molar-refractivity contribution >= 4 is 0 Å². The largest absolute Gasteiger partial charge is 1.00 e. The molecular formula is C14H20BrNO. The first kappa shape index (κ1) is 13.1. The number of quaternary nitrogens is 1. The maximum Gasteiger partial charge on any atom is 0.106 e. The molecule has 0 radical (unpaired) electrons. The summed E-state index contributed by atoms with van der Waals surface area (Å²) in [7, 11) is 0. The van der Waals surface area contributed by atoms with E-state index in [9.17, 15) is 5.11 Å². The predicted octanol–water partition coefficient (Wildman–Crippen LogP) is -1.21. The number of aliphatic hydroxyl groups is 1. The molecule has 3 aliphatic heterocycles. The average molecular weight is 298 g/mol. The molecule has 0 spiro atoms. The molecule has 1 aromatic rings. The second-order valence-corrected chi connectivity index (χ2v) is 5.52. The van der Waals surface area contributed by atoms with Crippen LogP contribution in [0.3, 0.4) is 0 Å². The highest BCUT2D eigenvalue weighted by atomic mass is 79.9. The van der Waals surface area contributed by atoms with Crippen LogP contribution in [0.15, 0.2) is 30.3 Å². The van der Waals surface area contributed by atoms with E-state index in [2.05, 4.69) is 30.3 Å². The van der Waals surface area contributed by atoms with Gasteiger partial charge in [0.1, 0.15) is 19.2 Å². The normalized spacial score (nSPS) is 35.4. The lowest BCUT2D eigenvalue weighted by Gasteiger charge is -2.51. The molecule has 0 aliphatic carbocycles. The maximum absolute atomic E-state index is 10.0. The van der Waals surface area contributed by atoms with Crippen molar-refractivity contribution in [1.29, 1.82) is 0 Å². The number of piperidine rings is 3. The molecule has 4 rings (SSSR count). The molecule has 3 aliphatic rings. The van der Waals surface area contributed by atoms with Crippen molar-refractivity contribution in [3.63, 3.8) is 0 Å². The SMILES string of the molecule is O[C@H]1C[N+]2(Cc3ccccc3)CCC1CC2.[Br-]. The van der Waals surface area contributed by atoms with Crippen molar-refractivity contribution in [3.05, 3.63) is 35.9 Å². The number of fused-ring (bicyclic) bond motifs is 3. The number of aliphatic hydroxyl groups excluding tert-OH is 1. The van der Waals surface area contributed by atoms with Crippen LogP contribution in [-0.2, 0) is 6.54 Å². The molecule has 1 aromatic carbocycles. The lowest BCUT2D eigenvalue weighted by atomic mass is 9.83. The standard InChI is InChI=1S/C14H20NO.BrH/c16-14-11-15(8-6-13(14)7-9-15)10-12-4-2-1-3-5-12;/h1-5,13-14,16H,6-11H2;1H/q+1;/p-1/t13?,14-,15?;/m0./s1. The van der Waals surface area contributed by atoms with Gasteiger partial charge in [0.15, 0.2) is 0 Å². The molecule has 3 heterocycles. The summed E-state index contributed by atoms with van der Waals surface area (Å²) in [6, 6.07) is 10.7. The molecule has 0 aromatic heterocycles. The van der Waals surface area contributed by atoms with Crippen LogP contribution in [-0.4, -0.2) is 35.3 Å². The van der Waals surface area contributed by atoms with Crippen molar-refractivity contribution in [2.75, 3.05) is 19.6 Å². The number of halogens is 1. The van der Waals surface area contributed by atoms with Crippen LogP contribution in [0.1, 0.15) is 18.4 Å². The zero-order valence-corrected chi connectivity index (χ0v) is 11.6. The molecular weight excluding hydrogens is 278 g/mol. The van der Waals surface area contributed by atoms with Crippen molar-refractivity contribution in [2.24, 2.45) is 5.92 Å². The average Bonchev–Trinajstić information content (AvgIpc) is 2.31. The molecule has 3 fully saturated rings. The predicted molar refractivity (Wildman–Crippen MR) is 63.7 cm³/mol. The zero-order chi connectivity index (χ0) is 11.0. The fraction of sp³-hybridized carbons (Fsp3) is 0.571. The van der Waals surface area contributed by atoms with Gasteiger partial charge in [-0.2, -0.15) is 0 Å². The Bertz CT molecular complexity index is 360. The zero-order valence-electron chi connectivity index (χ0n) is 10.1. The number of benzene rings is 1. The molecule has 1 atom stereocenters. The lowest BCUT2D eigenvalue weighted by molar-refractivity contribution is -0.958. The summed E-state index contributed by atoms with van der Waals surface area (Å²) in [4.78, 5) is 0. The highest BCUT2D eigenvalue weighted by molar-refractivity contribution is 5.13. The quantitative estimate of drug-likeness (QED) is 0.680. The minimum Gasteiger partial charge on any atom is -1.00 e. The van der Waals surface area contributed by atoms with Crippen LogP contribution in [0.4, 0.5) is 0 Å². The summed E-state index contributed by atoms with van der Waals surface area (Å²) >= 11 is 0. The van der Waals surface area contributed by atoms with Gasteiger partial charge in [-0.05, 0) is 0 Å². The second kappa shape index (κ2) is 5.09. The molecule has 94 valence electrons. The fourth-order valence-electron chi connectivity index (χ4n) is 3.44. The Kier molecular flexibility index (Phi) is 3.91. The van der Waals surface area contributed by atoms with Gasteiger partial charge in [-0.1, -0.05) is 30.3 Å². The number of hydrogen-bond donors (Lipinski definition) is 1. The molecule has 3 saturated heterocycles. The van der Waals surface area contributed by atoms with E-state index < -0.39 is 0 Å². The van der Waals surface area contributed by atoms with E-state index in [4.69, 9.17) is 0 Å². The van der Waals surface area contributed by atoms with E-state index >= 15 is 0 Å². The summed E-state index contributed by atoms with van der Waals surface area (Å²) in [6.45, 7) is 4.59. The van der Waals surface area contributed by atoms with E-state index in [0.717, 1.165) is 17.6 Å². The van der Waals surface area contributed by atoms with E-state index in [1.165, 1.54) is 31.5 Å². The molecule has 0 amide bonds. The Morgan fingerprint density at radius 1 is 1.12 bits per heavy atom. The lowest BCUT2D eigenvalue weighted by Crippen LogP contribution is -3.00. The molecule has 17 heavy (non-hydrogen) atoms. The smallest absolute Gasteiger partial charge is 0.106 e. The highest BCUT2D eigenvalue weighted by Gasteiger charge is 2.44. The first-order valence-corrected chi connectivity index (χ1v) is 6.35. The van der Waals surface area contributed by atoms with E-state index in [-0.39, 0.29) is 23.1 Å². The molecule has 1 N–H and O–H groups in total. The Morgan fingerprint density at radius 3 is 2.35 bits per heavy atom. The summed E-state index contributed by atoms with van der Waals surface area (Å²) < 4.78 is 1.11. The molecule has 2 nitrogen and oxygen atoms in total. The molecule has 0 unspecified atom stereocenters. The Labute approximate surface area is 114 Å². The third-order valence-corrected chi connectivity index (χ3v) is 4.43. The topological polar surface area (TPSA) is 20.2 Å². The van der Waals surface area contributed by atoms with Gasteiger partial charge in [0.25, 0.3) is 0 Å². The van der Waals surface area contributed by atoms with Gasteiger partial charge in [-0.25, -0.2) is 0 Å². The summed E-state index contributed by atoms with van der Waals surface area (Å²) in [5, 5.41) is 10.0. The van der Waals surface area contributed by atoms with E-state index in [1.54, 1.807) is 0 Å². The van der Waals surface area contributed by atoms with Crippen LogP contribution in [0.25, 0.3) is 0 Å². The van der Waals surface area contributed by atoms with Crippen LogP contribution < -0.4 is 17.0 Å². The number of rotatable bonds is 2. The van der Waals surface area contributed by atoms with Crippen LogP contribution in [0.2, 0.25) is 0 Å². The van der Waals surface area contributed by atoms with Gasteiger partial charge >= 0.3 is 0 Å². The monoisotopic (exact) mass is 297 g/mol. The van der Waals surface area contributed by atoms with Gasteiger partial charge in [-0.15, -0.1) is 0 Å². The minimum absolute atomic E-state index is 0. The second-order valence-electron chi connectivity index (χ2n) is 5.52. The Morgan fingerprint density at radius 2 is 1.76 bits per heavy atom. The van der Waals surface area contributed by atoms with Crippen LogP contribution >= 0.6 is 0 Å².